The van der Waals surface area contributed by atoms with E-state index in [9.17, 15) is 0 Å². The van der Waals surface area contributed by atoms with E-state index >= 15 is 0 Å². The van der Waals surface area contributed by atoms with Crippen LogP contribution < -0.4 is 4.90 Å². The summed E-state index contributed by atoms with van der Waals surface area (Å²) >= 11 is 1.86. The molecular formula is C62H41NS. The predicted octanol–water partition coefficient (Wildman–Crippen LogP) is 18.2. The Bertz CT molecular complexity index is 3660. The number of thiophene rings is 1. The number of benzene rings is 11. The molecule has 0 N–H and O–H groups in total. The van der Waals surface area contributed by atoms with Crippen LogP contribution in [0.4, 0.5) is 17.1 Å². The Kier molecular flexibility index (Phi) is 9.43. The van der Waals surface area contributed by atoms with Crippen molar-refractivity contribution in [2.75, 3.05) is 4.90 Å². The molecule has 0 saturated carbocycles. The zero-order chi connectivity index (χ0) is 42.4. The highest BCUT2D eigenvalue weighted by Gasteiger charge is 2.21. The van der Waals surface area contributed by atoms with Crippen LogP contribution in [0.2, 0.25) is 0 Å². The maximum Gasteiger partial charge on any atom is 0.0540 e. The van der Waals surface area contributed by atoms with E-state index in [1.165, 1.54) is 91.8 Å². The lowest BCUT2D eigenvalue weighted by molar-refractivity contribution is 1.28. The normalized spacial score (nSPS) is 11.4. The van der Waals surface area contributed by atoms with Crippen molar-refractivity contribution in [3.05, 3.63) is 249 Å². The van der Waals surface area contributed by atoms with Gasteiger partial charge in [-0.05, 0) is 120 Å². The van der Waals surface area contributed by atoms with E-state index in [2.05, 4.69) is 254 Å². The Hall–Kier alpha value is -8.04. The molecule has 0 aliphatic rings. The summed E-state index contributed by atoms with van der Waals surface area (Å²) in [6, 6.07) is 90.9. The maximum absolute atomic E-state index is 2.44. The highest BCUT2D eigenvalue weighted by molar-refractivity contribution is 7.25. The molecular weight excluding hydrogens is 791 g/mol. The molecule has 0 spiro atoms. The molecule has 11 aromatic carbocycles. The van der Waals surface area contributed by atoms with Crippen molar-refractivity contribution in [1.82, 2.24) is 0 Å². The molecule has 300 valence electrons. The number of hydrogen-bond donors (Lipinski definition) is 0. The second-order valence-electron chi connectivity index (χ2n) is 16.4. The van der Waals surface area contributed by atoms with E-state index in [0.29, 0.717) is 0 Å². The van der Waals surface area contributed by atoms with E-state index in [0.717, 1.165) is 22.6 Å². The van der Waals surface area contributed by atoms with Crippen molar-refractivity contribution in [3.8, 4) is 55.6 Å². The molecule has 0 fully saturated rings. The van der Waals surface area contributed by atoms with E-state index in [4.69, 9.17) is 0 Å². The molecule has 1 nitrogen and oxygen atoms in total. The van der Waals surface area contributed by atoms with Gasteiger partial charge in [0.25, 0.3) is 0 Å². The number of anilines is 3. The molecule has 0 atom stereocenters. The average molecular weight is 832 g/mol. The summed E-state index contributed by atoms with van der Waals surface area (Å²) in [5.74, 6) is 0. The van der Waals surface area contributed by atoms with Crippen LogP contribution in [0.3, 0.4) is 0 Å². The summed E-state index contributed by atoms with van der Waals surface area (Å²) < 4.78 is 2.60. The van der Waals surface area contributed by atoms with Gasteiger partial charge in [-0.2, -0.15) is 0 Å². The molecule has 12 rings (SSSR count). The summed E-state index contributed by atoms with van der Waals surface area (Å²) in [6.45, 7) is 0. The third kappa shape index (κ3) is 6.73. The highest BCUT2D eigenvalue weighted by atomic mass is 32.1. The first-order valence-corrected chi connectivity index (χ1v) is 22.7. The molecule has 2 heteroatoms. The van der Waals surface area contributed by atoms with Gasteiger partial charge in [-0.15, -0.1) is 11.3 Å². The van der Waals surface area contributed by atoms with Gasteiger partial charge in [0.2, 0.25) is 0 Å². The second kappa shape index (κ2) is 16.0. The first-order valence-electron chi connectivity index (χ1n) is 21.9. The largest absolute Gasteiger partial charge is 0.310 e. The van der Waals surface area contributed by atoms with E-state index in [-0.39, 0.29) is 0 Å². The standard InChI is InChI=1S/C62H41NS/c1-3-22-52-44(14-1)16-11-26-54(52)46-34-32-42(33-35-46)43-36-38-50(39-37-43)63(59-29-7-5-24-56(59)57-28-13-31-61-62(57)58-25-6-8-30-60(58)64-61)51-21-10-19-48(41-51)47-18-9-20-49(40-47)55-27-12-17-45-15-2-4-23-53(45)55/h1-41H. The van der Waals surface area contributed by atoms with Crippen LogP contribution in [0, 0.1) is 0 Å². The smallest absolute Gasteiger partial charge is 0.0540 e. The molecule has 12 aromatic rings. The zero-order valence-corrected chi connectivity index (χ0v) is 35.8. The molecule has 0 radical (unpaired) electrons. The molecule has 64 heavy (non-hydrogen) atoms. The topological polar surface area (TPSA) is 3.24 Å². The highest BCUT2D eigenvalue weighted by Crippen LogP contribution is 2.47. The van der Waals surface area contributed by atoms with Gasteiger partial charge >= 0.3 is 0 Å². The van der Waals surface area contributed by atoms with Gasteiger partial charge in [0.05, 0.1) is 5.69 Å². The third-order valence-corrected chi connectivity index (χ3v) is 13.8. The Morgan fingerprint density at radius 1 is 0.266 bits per heavy atom. The summed E-state index contributed by atoms with van der Waals surface area (Å²) in [6.07, 6.45) is 0. The van der Waals surface area contributed by atoms with Gasteiger partial charge < -0.3 is 4.90 Å². The van der Waals surface area contributed by atoms with Crippen LogP contribution in [0.1, 0.15) is 0 Å². The number of nitrogens with zero attached hydrogens (tertiary/aromatic N) is 1. The van der Waals surface area contributed by atoms with Crippen molar-refractivity contribution in [2.24, 2.45) is 0 Å². The number of hydrogen-bond acceptors (Lipinski definition) is 2. The fourth-order valence-electron chi connectivity index (χ4n) is 9.61. The Morgan fingerprint density at radius 3 is 1.50 bits per heavy atom. The van der Waals surface area contributed by atoms with E-state index in [1.54, 1.807) is 0 Å². The summed E-state index contributed by atoms with van der Waals surface area (Å²) in [5, 5.41) is 7.63. The van der Waals surface area contributed by atoms with Gasteiger partial charge in [0.1, 0.15) is 0 Å². The average Bonchev–Trinajstić information content (AvgIpc) is 3.76. The van der Waals surface area contributed by atoms with Gasteiger partial charge in [0, 0.05) is 37.1 Å². The molecule has 0 unspecified atom stereocenters. The SMILES string of the molecule is c1cc(-c2cccc(N(c3ccc(-c4ccc(-c5cccc6ccccc56)cc4)cc3)c3ccccc3-c3cccc4sc5ccccc5c34)c2)cc(-c2cccc3ccccc23)c1. The Balaban J connectivity index is 0.975. The monoisotopic (exact) mass is 831 g/mol. The van der Waals surface area contributed by atoms with Crippen LogP contribution in [0.15, 0.2) is 249 Å². The van der Waals surface area contributed by atoms with Crippen LogP contribution in [0.25, 0.3) is 97.4 Å². The molecule has 0 aliphatic carbocycles. The van der Waals surface area contributed by atoms with Crippen molar-refractivity contribution >= 4 is 70.1 Å². The zero-order valence-electron chi connectivity index (χ0n) is 35.0. The van der Waals surface area contributed by atoms with Crippen LogP contribution in [-0.2, 0) is 0 Å². The molecule has 1 heterocycles. The molecule has 1 aromatic heterocycles. The van der Waals surface area contributed by atoms with Gasteiger partial charge in [-0.25, -0.2) is 0 Å². The minimum Gasteiger partial charge on any atom is -0.310 e. The van der Waals surface area contributed by atoms with Crippen LogP contribution in [-0.4, -0.2) is 0 Å². The quantitative estimate of drug-likeness (QED) is 0.147. The van der Waals surface area contributed by atoms with Crippen molar-refractivity contribution in [3.63, 3.8) is 0 Å². The first-order chi connectivity index (χ1) is 31.7. The Morgan fingerprint density at radius 2 is 0.750 bits per heavy atom. The number of para-hydroxylation sites is 1. The predicted molar refractivity (Wildman–Crippen MR) is 276 cm³/mol. The lowest BCUT2D eigenvalue weighted by Crippen LogP contribution is -2.11. The van der Waals surface area contributed by atoms with Gasteiger partial charge in [-0.1, -0.05) is 200 Å². The lowest BCUT2D eigenvalue weighted by Gasteiger charge is -2.28. The van der Waals surface area contributed by atoms with Crippen LogP contribution in [0.5, 0.6) is 0 Å². The van der Waals surface area contributed by atoms with Crippen molar-refractivity contribution in [2.45, 2.75) is 0 Å². The van der Waals surface area contributed by atoms with Crippen LogP contribution >= 0.6 is 11.3 Å². The van der Waals surface area contributed by atoms with E-state index in [1.807, 2.05) is 11.3 Å². The summed E-state index contributed by atoms with van der Waals surface area (Å²) in [4.78, 5) is 2.44. The third-order valence-electron chi connectivity index (χ3n) is 12.7. The Labute approximate surface area is 377 Å². The minimum absolute atomic E-state index is 1.09. The fraction of sp³-hybridized carbons (Fsp3) is 0. The van der Waals surface area contributed by atoms with Crippen molar-refractivity contribution in [1.29, 1.82) is 0 Å². The fourth-order valence-corrected chi connectivity index (χ4v) is 10.7. The number of rotatable bonds is 8. The second-order valence-corrected chi connectivity index (χ2v) is 17.5. The molecule has 0 aliphatic heterocycles. The van der Waals surface area contributed by atoms with Crippen molar-refractivity contribution < 1.29 is 0 Å². The number of fused-ring (bicyclic) bond motifs is 5. The first kappa shape index (κ1) is 37.7. The molecule has 0 bridgehead atoms. The maximum atomic E-state index is 2.44. The minimum atomic E-state index is 1.09. The molecule has 0 saturated heterocycles. The van der Waals surface area contributed by atoms with Gasteiger partial charge in [0.15, 0.2) is 0 Å². The van der Waals surface area contributed by atoms with E-state index < -0.39 is 0 Å². The molecule has 0 amide bonds. The lowest BCUT2D eigenvalue weighted by atomic mass is 9.94. The summed E-state index contributed by atoms with van der Waals surface area (Å²) in [7, 11) is 0. The van der Waals surface area contributed by atoms with Gasteiger partial charge in [-0.3, -0.25) is 0 Å². The summed E-state index contributed by atoms with van der Waals surface area (Å²) in [5.41, 5.74) is 15.4.